The molecular weight excluding hydrogens is 496 g/mol. The highest BCUT2D eigenvalue weighted by Crippen LogP contribution is 2.43. The molecule has 6 aromatic carbocycles. The lowest BCUT2D eigenvalue weighted by Crippen LogP contribution is -2.10. The van der Waals surface area contributed by atoms with Gasteiger partial charge in [-0.25, -0.2) is 0 Å². The molecule has 0 fully saturated rings. The molecule has 1 aromatic heterocycles. The van der Waals surface area contributed by atoms with Gasteiger partial charge >= 0.3 is 0 Å². The number of benzene rings is 6. The molecule has 0 amide bonds. The van der Waals surface area contributed by atoms with Crippen molar-refractivity contribution in [3.05, 3.63) is 95.0 Å². The normalized spacial score (nSPS) is 12.7. The monoisotopic (exact) mass is 518 g/mol. The van der Waals surface area contributed by atoms with Crippen molar-refractivity contribution in [1.29, 1.82) is 0 Å². The summed E-state index contributed by atoms with van der Waals surface area (Å²) in [7, 11) is 0. The summed E-state index contributed by atoms with van der Waals surface area (Å²) < 4.78 is 3.80. The lowest BCUT2D eigenvalue weighted by Gasteiger charge is -2.22. The first-order valence-electron chi connectivity index (χ1n) is 11.7. The molecule has 0 spiro atoms. The van der Waals surface area contributed by atoms with Gasteiger partial charge in [0, 0.05) is 24.6 Å². The van der Waals surface area contributed by atoms with Crippen LogP contribution in [0.3, 0.4) is 0 Å². The Balaban J connectivity index is 1.53. The van der Waals surface area contributed by atoms with E-state index in [0.717, 1.165) is 4.47 Å². The molecule has 0 aliphatic heterocycles. The molecule has 0 saturated carbocycles. The Morgan fingerprint density at radius 1 is 0.588 bits per heavy atom. The summed E-state index contributed by atoms with van der Waals surface area (Å²) in [6.45, 7) is 6.88. The highest BCUT2D eigenvalue weighted by Gasteiger charge is 2.18. The van der Waals surface area contributed by atoms with E-state index in [1.165, 1.54) is 69.2 Å². The van der Waals surface area contributed by atoms with Crippen molar-refractivity contribution >= 4 is 79.8 Å². The third kappa shape index (κ3) is 2.95. The van der Waals surface area contributed by atoms with Gasteiger partial charge in [-0.1, -0.05) is 91.3 Å². The summed E-state index contributed by atoms with van der Waals surface area (Å²) in [4.78, 5) is 0. The van der Waals surface area contributed by atoms with Gasteiger partial charge in [0.25, 0.3) is 0 Å². The summed E-state index contributed by atoms with van der Waals surface area (Å²) in [6, 6.07) is 32.1. The molecule has 2 heteroatoms. The molecule has 0 atom stereocenters. The van der Waals surface area contributed by atoms with E-state index in [0.29, 0.717) is 0 Å². The number of fused-ring (bicyclic) bond motifs is 3. The van der Waals surface area contributed by atoms with Gasteiger partial charge in [0.05, 0.1) is 0 Å². The third-order valence-corrected chi connectivity index (χ3v) is 8.85. The summed E-state index contributed by atoms with van der Waals surface area (Å²) in [6.07, 6.45) is 0. The van der Waals surface area contributed by atoms with Gasteiger partial charge in [0.15, 0.2) is 0 Å². The van der Waals surface area contributed by atoms with Gasteiger partial charge in [-0.05, 0) is 84.8 Å². The number of hydrogen-bond donors (Lipinski definition) is 0. The first-order valence-corrected chi connectivity index (χ1v) is 13.3. The fraction of sp³-hybridized carbons (Fsp3) is 0.125. The van der Waals surface area contributed by atoms with Gasteiger partial charge in [0.1, 0.15) is 0 Å². The Labute approximate surface area is 211 Å². The van der Waals surface area contributed by atoms with E-state index in [1.807, 2.05) is 11.3 Å². The molecule has 164 valence electrons. The fourth-order valence-corrected chi connectivity index (χ4v) is 6.85. The fourth-order valence-electron chi connectivity index (χ4n) is 5.42. The van der Waals surface area contributed by atoms with Crippen LogP contribution in [0, 0.1) is 0 Å². The number of hydrogen-bond acceptors (Lipinski definition) is 1. The SMILES string of the molecule is CC(C)(C)c1cc2ccc3ccc(-c4ccc5sc6ccc(Br)cc6c5c4)c4ccc(c1)c2c34. The molecule has 0 aliphatic carbocycles. The van der Waals surface area contributed by atoms with Crippen molar-refractivity contribution in [2.45, 2.75) is 26.2 Å². The predicted molar refractivity (Wildman–Crippen MR) is 155 cm³/mol. The molecule has 0 radical (unpaired) electrons. The molecule has 0 aliphatic rings. The van der Waals surface area contributed by atoms with Crippen molar-refractivity contribution < 1.29 is 0 Å². The van der Waals surface area contributed by atoms with Crippen molar-refractivity contribution in [2.24, 2.45) is 0 Å². The number of thiophene rings is 1. The first-order chi connectivity index (χ1) is 16.4. The van der Waals surface area contributed by atoms with Gasteiger partial charge in [-0.3, -0.25) is 0 Å². The lowest BCUT2D eigenvalue weighted by atomic mass is 9.83. The average molecular weight is 520 g/mol. The zero-order valence-corrected chi connectivity index (χ0v) is 21.8. The summed E-state index contributed by atoms with van der Waals surface area (Å²) in [5.74, 6) is 0. The zero-order chi connectivity index (χ0) is 23.2. The Hall–Kier alpha value is -2.94. The Morgan fingerprint density at radius 3 is 2.00 bits per heavy atom. The smallest absolute Gasteiger partial charge is 0.0356 e. The molecule has 34 heavy (non-hydrogen) atoms. The van der Waals surface area contributed by atoms with Crippen molar-refractivity contribution in [1.82, 2.24) is 0 Å². The van der Waals surface area contributed by atoms with Crippen LogP contribution in [-0.2, 0) is 5.41 Å². The van der Waals surface area contributed by atoms with Crippen LogP contribution in [0.4, 0.5) is 0 Å². The molecular formula is C32H23BrS. The van der Waals surface area contributed by atoms with Crippen LogP contribution >= 0.6 is 27.3 Å². The van der Waals surface area contributed by atoms with Crippen molar-refractivity contribution in [3.8, 4) is 11.1 Å². The molecule has 0 nitrogen and oxygen atoms in total. The van der Waals surface area contributed by atoms with Crippen LogP contribution in [0.2, 0.25) is 0 Å². The van der Waals surface area contributed by atoms with Crippen LogP contribution in [0.1, 0.15) is 26.3 Å². The second-order valence-corrected chi connectivity index (χ2v) is 12.4. The average Bonchev–Trinajstić information content (AvgIpc) is 3.18. The summed E-state index contributed by atoms with van der Waals surface area (Å²) in [5.41, 5.74) is 4.10. The maximum Gasteiger partial charge on any atom is 0.0356 e. The van der Waals surface area contributed by atoms with E-state index in [1.54, 1.807) is 0 Å². The van der Waals surface area contributed by atoms with Crippen LogP contribution in [-0.4, -0.2) is 0 Å². The van der Waals surface area contributed by atoms with Crippen LogP contribution < -0.4 is 0 Å². The second kappa shape index (κ2) is 7.04. The van der Waals surface area contributed by atoms with Crippen molar-refractivity contribution in [3.63, 3.8) is 0 Å². The minimum atomic E-state index is 0.128. The molecule has 0 unspecified atom stereocenters. The van der Waals surface area contributed by atoms with Crippen molar-refractivity contribution in [2.75, 3.05) is 0 Å². The second-order valence-electron chi connectivity index (χ2n) is 10.4. The van der Waals surface area contributed by atoms with Crippen LogP contribution in [0.5, 0.6) is 0 Å². The molecule has 0 saturated heterocycles. The standard InChI is InChI=1S/C32H23BrS/c1-32(2,3)22-14-20-5-4-18-6-10-24(25-11-7-21(15-22)30(20)31(18)25)19-8-12-28-26(16-19)27-17-23(33)9-13-29(27)34-28/h4-17H,1-3H3. The molecule has 1 heterocycles. The third-order valence-electron chi connectivity index (χ3n) is 7.21. The van der Waals surface area contributed by atoms with Gasteiger partial charge in [-0.15, -0.1) is 11.3 Å². The lowest BCUT2D eigenvalue weighted by molar-refractivity contribution is 0.591. The van der Waals surface area contributed by atoms with E-state index in [4.69, 9.17) is 0 Å². The minimum Gasteiger partial charge on any atom is -0.135 e. The van der Waals surface area contributed by atoms with E-state index < -0.39 is 0 Å². The van der Waals surface area contributed by atoms with Gasteiger partial charge in [0.2, 0.25) is 0 Å². The highest BCUT2D eigenvalue weighted by molar-refractivity contribution is 9.10. The van der Waals surface area contributed by atoms with Crippen LogP contribution in [0.25, 0.3) is 63.6 Å². The highest BCUT2D eigenvalue weighted by atomic mass is 79.9. The number of halogens is 1. The van der Waals surface area contributed by atoms with Gasteiger partial charge < -0.3 is 0 Å². The minimum absolute atomic E-state index is 0.128. The van der Waals surface area contributed by atoms with E-state index >= 15 is 0 Å². The van der Waals surface area contributed by atoms with Gasteiger partial charge in [-0.2, -0.15) is 0 Å². The first kappa shape index (κ1) is 20.4. The molecule has 7 aromatic rings. The van der Waals surface area contributed by atoms with Crippen LogP contribution in [0.15, 0.2) is 89.4 Å². The quantitative estimate of drug-likeness (QED) is 0.189. The Morgan fingerprint density at radius 2 is 1.24 bits per heavy atom. The summed E-state index contributed by atoms with van der Waals surface area (Å²) in [5, 5.41) is 10.7. The molecule has 0 N–H and O–H groups in total. The number of rotatable bonds is 1. The predicted octanol–water partition coefficient (Wildman–Crippen LogP) is 10.7. The van der Waals surface area contributed by atoms with E-state index in [-0.39, 0.29) is 5.41 Å². The largest absolute Gasteiger partial charge is 0.135 e. The molecule has 7 rings (SSSR count). The zero-order valence-electron chi connectivity index (χ0n) is 19.4. The maximum absolute atomic E-state index is 3.66. The topological polar surface area (TPSA) is 0 Å². The summed E-state index contributed by atoms with van der Waals surface area (Å²) >= 11 is 5.52. The van der Waals surface area contributed by atoms with E-state index in [2.05, 4.69) is 122 Å². The Bertz CT molecular complexity index is 1880. The Kier molecular flexibility index (Phi) is 4.23. The molecule has 0 bridgehead atoms. The van der Waals surface area contributed by atoms with E-state index in [9.17, 15) is 0 Å². The maximum atomic E-state index is 3.66.